The lowest BCUT2D eigenvalue weighted by atomic mass is 10.1. The standard InChI is InChI=1S/C17H27N3O2/c1-12(2)20(3)15-6-4-5-14(11-15)18-17(22)19-16(9-10-21)13-7-8-13/h4-6,11-13,16,21H,7-10H2,1-3H3,(H2,18,19,22). The van der Waals surface area contributed by atoms with Gasteiger partial charge in [0.2, 0.25) is 0 Å². The third-order valence-electron chi connectivity index (χ3n) is 4.23. The zero-order valence-corrected chi connectivity index (χ0v) is 13.7. The number of carbonyl (C=O) groups is 1. The van der Waals surface area contributed by atoms with Gasteiger partial charge in [0.05, 0.1) is 0 Å². The second kappa shape index (κ2) is 7.49. The van der Waals surface area contributed by atoms with Crippen molar-refractivity contribution in [2.24, 2.45) is 5.92 Å². The van der Waals surface area contributed by atoms with E-state index in [9.17, 15) is 4.79 Å². The van der Waals surface area contributed by atoms with Crippen molar-refractivity contribution in [2.75, 3.05) is 23.9 Å². The largest absolute Gasteiger partial charge is 0.396 e. The SMILES string of the molecule is CC(C)N(C)c1cccc(NC(=O)NC(CCO)C2CC2)c1. The smallest absolute Gasteiger partial charge is 0.319 e. The Hall–Kier alpha value is -1.75. The second-order valence-corrected chi connectivity index (χ2v) is 6.31. The van der Waals surface area contributed by atoms with E-state index in [0.29, 0.717) is 18.4 Å². The van der Waals surface area contributed by atoms with E-state index in [4.69, 9.17) is 5.11 Å². The van der Waals surface area contributed by atoms with Crippen LogP contribution >= 0.6 is 0 Å². The van der Waals surface area contributed by atoms with Gasteiger partial charge in [0.15, 0.2) is 0 Å². The number of rotatable bonds is 7. The van der Waals surface area contributed by atoms with Crippen molar-refractivity contribution in [3.8, 4) is 0 Å². The fraction of sp³-hybridized carbons (Fsp3) is 0.588. The number of hydrogen-bond acceptors (Lipinski definition) is 3. The van der Waals surface area contributed by atoms with E-state index >= 15 is 0 Å². The van der Waals surface area contributed by atoms with Crippen LogP contribution in [0.5, 0.6) is 0 Å². The molecule has 122 valence electrons. The molecule has 1 unspecified atom stereocenters. The van der Waals surface area contributed by atoms with Crippen LogP contribution in [0, 0.1) is 5.92 Å². The van der Waals surface area contributed by atoms with E-state index < -0.39 is 0 Å². The highest BCUT2D eigenvalue weighted by Gasteiger charge is 2.31. The van der Waals surface area contributed by atoms with Crippen LogP contribution in [0.15, 0.2) is 24.3 Å². The monoisotopic (exact) mass is 305 g/mol. The minimum absolute atomic E-state index is 0.0755. The molecule has 3 N–H and O–H groups in total. The van der Waals surface area contributed by atoms with Gasteiger partial charge in [-0.25, -0.2) is 4.79 Å². The molecule has 1 aliphatic carbocycles. The number of anilines is 2. The van der Waals surface area contributed by atoms with Gasteiger partial charge in [-0.15, -0.1) is 0 Å². The average Bonchev–Trinajstić information content (AvgIpc) is 3.30. The number of aliphatic hydroxyl groups is 1. The zero-order chi connectivity index (χ0) is 16.1. The highest BCUT2D eigenvalue weighted by atomic mass is 16.3. The average molecular weight is 305 g/mol. The molecular weight excluding hydrogens is 278 g/mol. The molecule has 0 saturated heterocycles. The fourth-order valence-corrected chi connectivity index (χ4v) is 2.50. The fourth-order valence-electron chi connectivity index (χ4n) is 2.50. The molecule has 5 heteroatoms. The molecule has 1 aromatic carbocycles. The van der Waals surface area contributed by atoms with E-state index in [2.05, 4.69) is 29.4 Å². The molecule has 1 atom stereocenters. The van der Waals surface area contributed by atoms with E-state index in [1.807, 2.05) is 31.3 Å². The Bertz CT molecular complexity index is 500. The molecule has 2 rings (SSSR count). The number of carbonyl (C=O) groups excluding carboxylic acids is 1. The van der Waals surface area contributed by atoms with Crippen molar-refractivity contribution >= 4 is 17.4 Å². The normalized spacial score (nSPS) is 15.5. The van der Waals surface area contributed by atoms with Gasteiger partial charge in [-0.05, 0) is 57.2 Å². The van der Waals surface area contributed by atoms with E-state index in [0.717, 1.165) is 24.2 Å². The lowest BCUT2D eigenvalue weighted by molar-refractivity contribution is 0.234. The van der Waals surface area contributed by atoms with Crippen LogP contribution in [0.3, 0.4) is 0 Å². The molecule has 5 nitrogen and oxygen atoms in total. The summed E-state index contributed by atoms with van der Waals surface area (Å²) in [6.45, 7) is 4.36. The maximum Gasteiger partial charge on any atom is 0.319 e. The molecular formula is C17H27N3O2. The first-order chi connectivity index (χ1) is 10.5. The first-order valence-corrected chi connectivity index (χ1v) is 8.02. The molecule has 2 amide bonds. The van der Waals surface area contributed by atoms with Crippen LogP contribution < -0.4 is 15.5 Å². The number of nitrogens with zero attached hydrogens (tertiary/aromatic N) is 1. The van der Waals surface area contributed by atoms with Crippen molar-refractivity contribution in [3.05, 3.63) is 24.3 Å². The van der Waals surface area contributed by atoms with E-state index in [1.54, 1.807) is 0 Å². The number of nitrogens with one attached hydrogen (secondary N) is 2. The Balaban J connectivity index is 1.94. The first-order valence-electron chi connectivity index (χ1n) is 8.02. The molecule has 1 aliphatic rings. The summed E-state index contributed by atoms with van der Waals surface area (Å²) >= 11 is 0. The molecule has 0 aromatic heterocycles. The van der Waals surface area contributed by atoms with Crippen molar-refractivity contribution in [3.63, 3.8) is 0 Å². The summed E-state index contributed by atoms with van der Waals surface area (Å²) < 4.78 is 0. The highest BCUT2D eigenvalue weighted by molar-refractivity contribution is 5.90. The van der Waals surface area contributed by atoms with Crippen LogP contribution in [0.25, 0.3) is 0 Å². The second-order valence-electron chi connectivity index (χ2n) is 6.31. The molecule has 22 heavy (non-hydrogen) atoms. The Kier molecular flexibility index (Phi) is 5.66. The summed E-state index contributed by atoms with van der Waals surface area (Å²) in [5.41, 5.74) is 1.85. The molecule has 1 aromatic rings. The van der Waals surface area contributed by atoms with Crippen molar-refractivity contribution in [1.82, 2.24) is 5.32 Å². The number of aliphatic hydroxyl groups excluding tert-OH is 1. The summed E-state index contributed by atoms with van der Waals surface area (Å²) in [4.78, 5) is 14.3. The van der Waals surface area contributed by atoms with Gasteiger partial charge in [0.1, 0.15) is 0 Å². The third-order valence-corrected chi connectivity index (χ3v) is 4.23. The predicted octanol–water partition coefficient (Wildman–Crippen LogP) is 2.81. The zero-order valence-electron chi connectivity index (χ0n) is 13.7. The maximum atomic E-state index is 12.1. The predicted molar refractivity (Wildman–Crippen MR) is 90.4 cm³/mol. The Morgan fingerprint density at radius 3 is 2.73 bits per heavy atom. The topological polar surface area (TPSA) is 64.6 Å². The molecule has 1 saturated carbocycles. The summed E-state index contributed by atoms with van der Waals surface area (Å²) in [6, 6.07) is 8.10. The van der Waals surface area contributed by atoms with Gasteiger partial charge >= 0.3 is 6.03 Å². The number of hydrogen-bond donors (Lipinski definition) is 3. The Labute approximate surface area is 132 Å². The summed E-state index contributed by atoms with van der Waals surface area (Å²) in [5.74, 6) is 0.524. The summed E-state index contributed by atoms with van der Waals surface area (Å²) in [6.07, 6.45) is 2.90. The van der Waals surface area contributed by atoms with Crippen molar-refractivity contribution < 1.29 is 9.90 Å². The number of benzene rings is 1. The van der Waals surface area contributed by atoms with Crippen molar-refractivity contribution in [2.45, 2.75) is 45.2 Å². The van der Waals surface area contributed by atoms with Gasteiger partial charge < -0.3 is 20.6 Å². The van der Waals surface area contributed by atoms with Crippen molar-refractivity contribution in [1.29, 1.82) is 0 Å². The molecule has 0 radical (unpaired) electrons. The van der Waals surface area contributed by atoms with Gasteiger partial charge in [-0.1, -0.05) is 6.07 Å². The van der Waals surface area contributed by atoms with Gasteiger partial charge in [-0.3, -0.25) is 0 Å². The molecule has 0 heterocycles. The van der Waals surface area contributed by atoms with E-state index in [-0.39, 0.29) is 18.7 Å². The minimum Gasteiger partial charge on any atom is -0.396 e. The molecule has 0 spiro atoms. The van der Waals surface area contributed by atoms with Crippen LogP contribution in [0.4, 0.5) is 16.2 Å². The minimum atomic E-state index is -0.199. The number of amides is 2. The van der Waals surface area contributed by atoms with Gasteiger partial charge in [0, 0.05) is 37.1 Å². The van der Waals surface area contributed by atoms with Gasteiger partial charge in [0.25, 0.3) is 0 Å². The highest BCUT2D eigenvalue weighted by Crippen LogP contribution is 2.34. The molecule has 0 aliphatic heterocycles. The lowest BCUT2D eigenvalue weighted by Gasteiger charge is -2.24. The maximum absolute atomic E-state index is 12.1. The molecule has 1 fully saturated rings. The Morgan fingerprint density at radius 1 is 1.41 bits per heavy atom. The number of urea groups is 1. The molecule has 0 bridgehead atoms. The summed E-state index contributed by atoms with van der Waals surface area (Å²) in [7, 11) is 2.04. The van der Waals surface area contributed by atoms with E-state index in [1.165, 1.54) is 0 Å². The third kappa shape index (κ3) is 4.63. The quantitative estimate of drug-likeness (QED) is 0.726. The van der Waals surface area contributed by atoms with Crippen LogP contribution in [-0.2, 0) is 0 Å². The first kappa shape index (κ1) is 16.6. The van der Waals surface area contributed by atoms with Crippen LogP contribution in [0.1, 0.15) is 33.1 Å². The van der Waals surface area contributed by atoms with Gasteiger partial charge in [-0.2, -0.15) is 0 Å². The summed E-state index contributed by atoms with van der Waals surface area (Å²) in [5, 5.41) is 15.0. The lowest BCUT2D eigenvalue weighted by Crippen LogP contribution is -2.39. The van der Waals surface area contributed by atoms with Crippen LogP contribution in [0.2, 0.25) is 0 Å². The van der Waals surface area contributed by atoms with Crippen LogP contribution in [-0.4, -0.2) is 36.9 Å². The Morgan fingerprint density at radius 2 is 2.14 bits per heavy atom.